The predicted octanol–water partition coefficient (Wildman–Crippen LogP) is 1.06. The Hall–Kier alpha value is -2.21. The molecule has 6 N–H and O–H groups in total. The van der Waals surface area contributed by atoms with E-state index >= 15 is 0 Å². The molecule has 0 aromatic rings. The van der Waals surface area contributed by atoms with Gasteiger partial charge >= 0.3 is 0 Å². The van der Waals surface area contributed by atoms with Gasteiger partial charge in [-0.05, 0) is 44.1 Å². The summed E-state index contributed by atoms with van der Waals surface area (Å²) < 4.78 is 0. The number of alkyl halides is 1. The van der Waals surface area contributed by atoms with Crippen LogP contribution in [0, 0.1) is 11.8 Å². The predicted molar refractivity (Wildman–Crippen MR) is 149 cm³/mol. The third-order valence-electron chi connectivity index (χ3n) is 6.65. The molecular formula is C25H49BrN6O5. The zero-order chi connectivity index (χ0) is 26.7. The first-order valence-corrected chi connectivity index (χ1v) is 13.3. The Morgan fingerprint density at radius 3 is 1.65 bits per heavy atom. The number of carbonyl (C=O) groups is 5. The number of hydrogen-bond acceptors (Lipinski definition) is 6. The molecule has 2 unspecified atom stereocenters. The van der Waals surface area contributed by atoms with E-state index in [9.17, 15) is 24.0 Å². The lowest BCUT2D eigenvalue weighted by molar-refractivity contribution is -0.136. The van der Waals surface area contributed by atoms with Crippen LogP contribution in [-0.2, 0) is 24.0 Å². The van der Waals surface area contributed by atoms with E-state index in [0.29, 0.717) is 57.2 Å². The van der Waals surface area contributed by atoms with Crippen molar-refractivity contribution in [3.05, 3.63) is 0 Å². The monoisotopic (exact) mass is 592 g/mol. The highest BCUT2D eigenvalue weighted by Crippen LogP contribution is 2.25. The zero-order valence-corrected chi connectivity index (χ0v) is 22.7. The maximum atomic E-state index is 12.0. The first-order valence-electron chi connectivity index (χ1n) is 12.2. The van der Waals surface area contributed by atoms with Crippen molar-refractivity contribution in [3.63, 3.8) is 0 Å². The van der Waals surface area contributed by atoms with Crippen LogP contribution in [0.4, 0.5) is 0 Å². The van der Waals surface area contributed by atoms with Crippen molar-refractivity contribution in [1.82, 2.24) is 14.7 Å². The Kier molecular flexibility index (Phi) is 18.1. The summed E-state index contributed by atoms with van der Waals surface area (Å²) in [7, 11) is 1.75. The van der Waals surface area contributed by atoms with Gasteiger partial charge < -0.3 is 31.9 Å². The topological polar surface area (TPSA) is 173 Å². The number of hydrogen-bond donors (Lipinski definition) is 3. The van der Waals surface area contributed by atoms with E-state index in [-0.39, 0.29) is 44.4 Å². The minimum absolute atomic E-state index is 0. The summed E-state index contributed by atoms with van der Waals surface area (Å²) in [6.45, 7) is 6.08. The van der Waals surface area contributed by atoms with Crippen LogP contribution >= 0.6 is 15.9 Å². The van der Waals surface area contributed by atoms with Gasteiger partial charge in [-0.1, -0.05) is 44.6 Å². The Balaban J connectivity index is 0. The van der Waals surface area contributed by atoms with Gasteiger partial charge in [0.2, 0.25) is 29.5 Å². The highest BCUT2D eigenvalue weighted by molar-refractivity contribution is 9.09. The summed E-state index contributed by atoms with van der Waals surface area (Å²) in [5, 5.41) is 0.304. The molecule has 12 heteroatoms. The molecule has 2 saturated heterocycles. The van der Waals surface area contributed by atoms with Gasteiger partial charge in [-0.15, -0.1) is 0 Å². The standard InChI is InChI=1S/C13H22BrN3O3.C10H19N3O2.2CH4/c1-3-10(13(15)20)17-8-9(6-11(17)18)4-5-16(2)12(19)7-14;1-2-8(10(12)15)13-6-7(3-4-11)5-9(13)14;;/h9-10H,3-8H2,1-2H3,(H2,15,20);7-8H,2-6,11H2,1H3,(H2,12,15);2*1H4/t9?,10-;7?,8-;;/m00../s1. The molecule has 0 radical (unpaired) electrons. The summed E-state index contributed by atoms with van der Waals surface area (Å²) in [6, 6.07) is -0.949. The molecular weight excluding hydrogens is 544 g/mol. The summed E-state index contributed by atoms with van der Waals surface area (Å²) in [5.74, 6) is -0.367. The van der Waals surface area contributed by atoms with Crippen LogP contribution in [0.1, 0.15) is 67.2 Å². The minimum atomic E-state index is -0.505. The average molecular weight is 594 g/mol. The summed E-state index contributed by atoms with van der Waals surface area (Å²) in [6.07, 6.45) is 3.64. The SMILES string of the molecule is C.C.CC[C@@H](C(N)=O)N1CC(CCN(C)C(=O)CBr)CC1=O.CC[C@@H](C(N)=O)N1CC(CCN)CC1=O. The fraction of sp³-hybridized carbons (Fsp3) is 0.800. The lowest BCUT2D eigenvalue weighted by atomic mass is 10.0. The van der Waals surface area contributed by atoms with E-state index in [1.54, 1.807) is 21.7 Å². The Morgan fingerprint density at radius 1 is 0.919 bits per heavy atom. The fourth-order valence-electron chi connectivity index (χ4n) is 4.60. The zero-order valence-electron chi connectivity index (χ0n) is 21.1. The number of nitrogens with two attached hydrogens (primary N) is 3. The van der Waals surface area contributed by atoms with Gasteiger partial charge in [0.1, 0.15) is 12.1 Å². The highest BCUT2D eigenvalue weighted by atomic mass is 79.9. The third-order valence-corrected chi connectivity index (χ3v) is 7.13. The molecule has 11 nitrogen and oxygen atoms in total. The quantitative estimate of drug-likeness (QED) is 0.286. The molecule has 216 valence electrons. The molecule has 4 atom stereocenters. The van der Waals surface area contributed by atoms with Gasteiger partial charge in [-0.2, -0.15) is 0 Å². The summed E-state index contributed by atoms with van der Waals surface area (Å²) in [4.78, 5) is 62.3. The van der Waals surface area contributed by atoms with E-state index in [1.165, 1.54) is 0 Å². The van der Waals surface area contributed by atoms with E-state index in [4.69, 9.17) is 17.2 Å². The van der Waals surface area contributed by atoms with Crippen LogP contribution in [-0.4, -0.2) is 94.9 Å². The fourth-order valence-corrected chi connectivity index (χ4v) is 5.02. The van der Waals surface area contributed by atoms with Crippen LogP contribution in [0.2, 0.25) is 0 Å². The van der Waals surface area contributed by atoms with Crippen LogP contribution in [0.25, 0.3) is 0 Å². The van der Waals surface area contributed by atoms with Crippen molar-refractivity contribution in [2.24, 2.45) is 29.0 Å². The van der Waals surface area contributed by atoms with Crippen molar-refractivity contribution in [3.8, 4) is 0 Å². The van der Waals surface area contributed by atoms with E-state index in [1.807, 2.05) is 13.8 Å². The number of nitrogens with zero attached hydrogens (tertiary/aromatic N) is 3. The largest absolute Gasteiger partial charge is 0.368 e. The highest BCUT2D eigenvalue weighted by Gasteiger charge is 2.36. The van der Waals surface area contributed by atoms with E-state index in [2.05, 4.69) is 15.9 Å². The molecule has 2 rings (SSSR count). The smallest absolute Gasteiger partial charge is 0.240 e. The second-order valence-corrected chi connectivity index (χ2v) is 9.76. The number of carbonyl (C=O) groups excluding carboxylic acids is 5. The van der Waals surface area contributed by atoms with Crippen molar-refractivity contribution < 1.29 is 24.0 Å². The van der Waals surface area contributed by atoms with Crippen molar-refractivity contribution in [2.75, 3.05) is 38.6 Å². The van der Waals surface area contributed by atoms with Crippen molar-refractivity contribution in [2.45, 2.75) is 79.3 Å². The lowest BCUT2D eigenvalue weighted by Crippen LogP contribution is -2.45. The molecule has 0 spiro atoms. The van der Waals surface area contributed by atoms with Gasteiger partial charge in [-0.25, -0.2) is 0 Å². The average Bonchev–Trinajstić information content (AvgIpc) is 3.34. The number of primary amides is 2. The Labute approximate surface area is 230 Å². The Bertz CT molecular complexity index is 768. The second-order valence-electron chi connectivity index (χ2n) is 9.20. The van der Waals surface area contributed by atoms with Crippen molar-refractivity contribution in [1.29, 1.82) is 0 Å². The summed E-state index contributed by atoms with van der Waals surface area (Å²) in [5.41, 5.74) is 16.0. The molecule has 0 saturated carbocycles. The first kappa shape index (κ1) is 36.9. The third kappa shape index (κ3) is 11.0. The Morgan fingerprint density at radius 2 is 1.32 bits per heavy atom. The molecule has 2 aliphatic rings. The number of rotatable bonds is 12. The van der Waals surface area contributed by atoms with Crippen molar-refractivity contribution >= 4 is 45.5 Å². The van der Waals surface area contributed by atoms with Gasteiger partial charge in [0, 0.05) is 39.5 Å². The molecule has 2 aliphatic heterocycles. The van der Waals surface area contributed by atoms with Gasteiger partial charge in [0.25, 0.3) is 0 Å². The molecule has 2 heterocycles. The van der Waals surface area contributed by atoms with Crippen LogP contribution < -0.4 is 17.2 Å². The number of halogens is 1. The molecule has 0 aromatic heterocycles. The van der Waals surface area contributed by atoms with Crippen LogP contribution in [0.5, 0.6) is 0 Å². The van der Waals surface area contributed by atoms with Crippen LogP contribution in [0.3, 0.4) is 0 Å². The normalized spacial score (nSPS) is 20.2. The van der Waals surface area contributed by atoms with Gasteiger partial charge in [0.15, 0.2) is 0 Å². The molecule has 5 amide bonds. The molecule has 0 aliphatic carbocycles. The maximum Gasteiger partial charge on any atom is 0.240 e. The van der Waals surface area contributed by atoms with Gasteiger partial charge in [0.05, 0.1) is 5.33 Å². The first-order chi connectivity index (χ1) is 16.5. The van der Waals surface area contributed by atoms with E-state index in [0.717, 1.165) is 12.8 Å². The second kappa shape index (κ2) is 18.1. The van der Waals surface area contributed by atoms with Gasteiger partial charge in [-0.3, -0.25) is 24.0 Å². The molecule has 0 aromatic carbocycles. The maximum absolute atomic E-state index is 12.0. The molecule has 2 fully saturated rings. The number of likely N-dealkylation sites (tertiary alicyclic amines) is 2. The molecule has 0 bridgehead atoms. The minimum Gasteiger partial charge on any atom is -0.368 e. The van der Waals surface area contributed by atoms with E-state index < -0.39 is 23.9 Å². The van der Waals surface area contributed by atoms with Crippen LogP contribution in [0.15, 0.2) is 0 Å². The molecule has 37 heavy (non-hydrogen) atoms. The summed E-state index contributed by atoms with van der Waals surface area (Å²) >= 11 is 3.13. The number of amides is 5. The lowest BCUT2D eigenvalue weighted by Gasteiger charge is -2.24.